The van der Waals surface area contributed by atoms with Crippen LogP contribution in [0.5, 0.6) is 11.5 Å². The van der Waals surface area contributed by atoms with Gasteiger partial charge in [0.2, 0.25) is 0 Å². The summed E-state index contributed by atoms with van der Waals surface area (Å²) in [5.41, 5.74) is 4.15. The summed E-state index contributed by atoms with van der Waals surface area (Å²) in [6, 6.07) is 33.4. The van der Waals surface area contributed by atoms with Crippen molar-refractivity contribution in [2.24, 2.45) is 0 Å². The van der Waals surface area contributed by atoms with Gasteiger partial charge in [-0.05, 0) is 45.8 Å². The van der Waals surface area contributed by atoms with Crippen LogP contribution < -0.4 is 9.47 Å². The third-order valence-corrected chi connectivity index (χ3v) is 6.52. The number of fused-ring (bicyclic) bond motifs is 3. The van der Waals surface area contributed by atoms with Gasteiger partial charge in [-0.25, -0.2) is 4.98 Å². The molecule has 5 aromatic carbocycles. The van der Waals surface area contributed by atoms with Crippen LogP contribution in [0.25, 0.3) is 44.0 Å². The van der Waals surface area contributed by atoms with Gasteiger partial charge in [0.15, 0.2) is 0 Å². The molecular formula is C30H24N2O2. The van der Waals surface area contributed by atoms with Crippen LogP contribution >= 0.6 is 0 Å². The average molecular weight is 445 g/mol. The Morgan fingerprint density at radius 2 is 1.26 bits per heavy atom. The molecule has 0 saturated heterocycles. The highest BCUT2D eigenvalue weighted by Gasteiger charge is 2.21. The number of benzene rings is 5. The van der Waals surface area contributed by atoms with Crippen LogP contribution in [-0.4, -0.2) is 23.8 Å². The van der Waals surface area contributed by atoms with Gasteiger partial charge in [-0.3, -0.25) is 0 Å². The van der Waals surface area contributed by atoms with Crippen LogP contribution in [0.1, 0.15) is 5.56 Å². The van der Waals surface area contributed by atoms with E-state index in [1.165, 1.54) is 10.8 Å². The van der Waals surface area contributed by atoms with E-state index in [4.69, 9.17) is 14.5 Å². The molecule has 0 saturated carbocycles. The Balaban J connectivity index is 1.67. The number of ether oxygens (including phenoxy) is 2. The molecule has 0 bridgehead atoms. The number of para-hydroxylation sites is 2. The molecule has 0 amide bonds. The lowest BCUT2D eigenvalue weighted by atomic mass is 10.0. The summed E-state index contributed by atoms with van der Waals surface area (Å²) in [4.78, 5) is 5.12. The largest absolute Gasteiger partial charge is 0.496 e. The summed E-state index contributed by atoms with van der Waals surface area (Å²) in [5, 5.41) is 4.63. The van der Waals surface area contributed by atoms with E-state index in [0.717, 1.165) is 50.3 Å². The van der Waals surface area contributed by atoms with E-state index in [-0.39, 0.29) is 0 Å². The minimum absolute atomic E-state index is 0.618. The minimum Gasteiger partial charge on any atom is -0.496 e. The Morgan fingerprint density at radius 3 is 2.03 bits per heavy atom. The molecule has 6 aromatic rings. The van der Waals surface area contributed by atoms with E-state index in [1.54, 1.807) is 14.2 Å². The summed E-state index contributed by atoms with van der Waals surface area (Å²) in [6.07, 6.45) is 0. The molecule has 166 valence electrons. The zero-order valence-electron chi connectivity index (χ0n) is 19.2. The summed E-state index contributed by atoms with van der Waals surface area (Å²) in [5.74, 6) is 2.55. The van der Waals surface area contributed by atoms with Crippen molar-refractivity contribution in [3.05, 3.63) is 103 Å². The first-order valence-corrected chi connectivity index (χ1v) is 11.3. The second-order valence-corrected chi connectivity index (χ2v) is 8.34. The van der Waals surface area contributed by atoms with E-state index >= 15 is 0 Å². The summed E-state index contributed by atoms with van der Waals surface area (Å²) in [7, 11) is 3.45. The van der Waals surface area contributed by atoms with Crippen molar-refractivity contribution in [1.82, 2.24) is 9.55 Å². The molecular weight excluding hydrogens is 420 g/mol. The Kier molecular flexibility index (Phi) is 4.92. The van der Waals surface area contributed by atoms with Crippen LogP contribution in [0.3, 0.4) is 0 Å². The molecule has 4 heteroatoms. The molecule has 0 spiro atoms. The van der Waals surface area contributed by atoms with Crippen molar-refractivity contribution < 1.29 is 9.47 Å². The predicted molar refractivity (Wildman–Crippen MR) is 139 cm³/mol. The molecule has 0 atom stereocenters. The first kappa shape index (κ1) is 20.3. The van der Waals surface area contributed by atoms with Crippen molar-refractivity contribution in [3.63, 3.8) is 0 Å². The second-order valence-electron chi connectivity index (χ2n) is 8.34. The Morgan fingerprint density at radius 1 is 0.647 bits per heavy atom. The molecule has 4 nitrogen and oxygen atoms in total. The molecule has 1 aromatic heterocycles. The minimum atomic E-state index is 0.618. The van der Waals surface area contributed by atoms with Crippen LogP contribution in [0, 0.1) is 0 Å². The number of hydrogen-bond donors (Lipinski definition) is 0. The van der Waals surface area contributed by atoms with E-state index < -0.39 is 0 Å². The number of nitrogens with zero attached hydrogens (tertiary/aromatic N) is 2. The first-order chi connectivity index (χ1) is 16.8. The summed E-state index contributed by atoms with van der Waals surface area (Å²) in [6.45, 7) is 0.618. The fourth-order valence-corrected chi connectivity index (χ4v) is 4.91. The van der Waals surface area contributed by atoms with Crippen LogP contribution in [0.15, 0.2) is 97.1 Å². The van der Waals surface area contributed by atoms with Gasteiger partial charge in [-0.2, -0.15) is 0 Å². The lowest BCUT2D eigenvalue weighted by Gasteiger charge is -2.17. The standard InChI is InChI=1S/C30H24N2O2/c1-33-27-17-15-20-9-3-5-11-22(20)24(27)19-32-26-14-8-7-13-25(26)31-30(32)29-23-12-6-4-10-21(23)16-18-28(29)34-2/h3-18H,19H2,1-2H3. The number of methoxy groups -OCH3 is 2. The maximum Gasteiger partial charge on any atom is 0.145 e. The van der Waals surface area contributed by atoms with Gasteiger partial charge < -0.3 is 14.0 Å². The number of imidazole rings is 1. The third kappa shape index (κ3) is 3.19. The van der Waals surface area contributed by atoms with Crippen LogP contribution in [-0.2, 0) is 6.54 Å². The van der Waals surface area contributed by atoms with E-state index in [0.29, 0.717) is 6.54 Å². The molecule has 34 heavy (non-hydrogen) atoms. The Labute approximate surface area is 198 Å². The maximum absolute atomic E-state index is 5.85. The van der Waals surface area contributed by atoms with Gasteiger partial charge in [0, 0.05) is 5.56 Å². The summed E-state index contributed by atoms with van der Waals surface area (Å²) >= 11 is 0. The third-order valence-electron chi connectivity index (χ3n) is 6.52. The molecule has 0 aliphatic carbocycles. The van der Waals surface area contributed by atoms with E-state index in [9.17, 15) is 0 Å². The zero-order chi connectivity index (χ0) is 23.1. The van der Waals surface area contributed by atoms with Gasteiger partial charge >= 0.3 is 0 Å². The molecule has 0 N–H and O–H groups in total. The van der Waals surface area contributed by atoms with E-state index in [2.05, 4.69) is 89.5 Å². The maximum atomic E-state index is 5.85. The molecule has 6 rings (SSSR count). The molecule has 0 aliphatic heterocycles. The molecule has 1 heterocycles. The quantitative estimate of drug-likeness (QED) is 0.285. The fraction of sp³-hybridized carbons (Fsp3) is 0.100. The monoisotopic (exact) mass is 444 g/mol. The lowest BCUT2D eigenvalue weighted by molar-refractivity contribution is 0.409. The SMILES string of the molecule is COc1ccc2ccccc2c1Cn1c(-c2c(OC)ccc3ccccc23)nc2ccccc21. The Bertz CT molecular complexity index is 1670. The Hall–Kier alpha value is -4.31. The van der Waals surface area contributed by atoms with Gasteiger partial charge in [-0.15, -0.1) is 0 Å². The topological polar surface area (TPSA) is 36.3 Å². The van der Waals surface area contributed by atoms with Crippen molar-refractivity contribution in [2.45, 2.75) is 6.54 Å². The van der Waals surface area contributed by atoms with Gasteiger partial charge in [-0.1, -0.05) is 72.8 Å². The number of hydrogen-bond acceptors (Lipinski definition) is 3. The highest BCUT2D eigenvalue weighted by atomic mass is 16.5. The van der Waals surface area contributed by atoms with Crippen LogP contribution in [0.2, 0.25) is 0 Å². The molecule has 0 radical (unpaired) electrons. The zero-order valence-corrected chi connectivity index (χ0v) is 19.2. The highest BCUT2D eigenvalue weighted by Crippen LogP contribution is 2.39. The van der Waals surface area contributed by atoms with E-state index in [1.807, 2.05) is 12.1 Å². The lowest BCUT2D eigenvalue weighted by Crippen LogP contribution is -2.06. The fourth-order valence-electron chi connectivity index (χ4n) is 4.91. The number of aromatic nitrogens is 2. The van der Waals surface area contributed by atoms with Gasteiger partial charge in [0.1, 0.15) is 17.3 Å². The molecule has 0 aliphatic rings. The first-order valence-electron chi connectivity index (χ1n) is 11.3. The molecule has 0 fully saturated rings. The second kappa shape index (κ2) is 8.23. The van der Waals surface area contributed by atoms with Crippen molar-refractivity contribution in [2.75, 3.05) is 14.2 Å². The average Bonchev–Trinajstić information content (AvgIpc) is 3.26. The van der Waals surface area contributed by atoms with Crippen LogP contribution in [0.4, 0.5) is 0 Å². The number of rotatable bonds is 5. The van der Waals surface area contributed by atoms with Crippen molar-refractivity contribution in [1.29, 1.82) is 0 Å². The van der Waals surface area contributed by atoms with Gasteiger partial charge in [0.25, 0.3) is 0 Å². The normalized spacial score (nSPS) is 11.4. The van der Waals surface area contributed by atoms with Gasteiger partial charge in [0.05, 0.1) is 37.4 Å². The van der Waals surface area contributed by atoms with Crippen molar-refractivity contribution >= 4 is 32.6 Å². The summed E-state index contributed by atoms with van der Waals surface area (Å²) < 4.78 is 13.9. The predicted octanol–water partition coefficient (Wildman–Crippen LogP) is 7.08. The van der Waals surface area contributed by atoms with Crippen molar-refractivity contribution in [3.8, 4) is 22.9 Å². The molecule has 0 unspecified atom stereocenters. The highest BCUT2D eigenvalue weighted by molar-refractivity contribution is 6.00. The smallest absolute Gasteiger partial charge is 0.145 e.